The summed E-state index contributed by atoms with van der Waals surface area (Å²) >= 11 is 7.45. The Balaban J connectivity index is 2.42. The first-order valence-corrected chi connectivity index (χ1v) is 9.29. The molecule has 1 aromatic rings. The summed E-state index contributed by atoms with van der Waals surface area (Å²) in [4.78, 5) is 17.4. The third kappa shape index (κ3) is 9.76. The molecule has 0 radical (unpaired) electrons. The van der Waals surface area contributed by atoms with Gasteiger partial charge in [0.1, 0.15) is 13.1 Å². The first-order valence-electron chi connectivity index (χ1n) is 7.92. The van der Waals surface area contributed by atoms with Crippen LogP contribution in [0.1, 0.15) is 6.92 Å². The number of rotatable bonds is 8. The molecule has 0 saturated carbocycles. The Labute approximate surface area is 160 Å². The summed E-state index contributed by atoms with van der Waals surface area (Å²) in [5.41, 5.74) is 0. The molecule has 0 unspecified atom stereocenters. The van der Waals surface area contributed by atoms with E-state index in [9.17, 15) is 18.0 Å². The van der Waals surface area contributed by atoms with E-state index in [0.29, 0.717) is 29.0 Å². The molecule has 1 amide bonds. The van der Waals surface area contributed by atoms with Crippen LogP contribution in [-0.2, 0) is 4.79 Å². The van der Waals surface area contributed by atoms with E-state index in [1.807, 2.05) is 31.2 Å². The van der Waals surface area contributed by atoms with Crippen LogP contribution in [0.5, 0.6) is 0 Å². The Morgan fingerprint density at radius 1 is 1.27 bits per heavy atom. The number of carbonyl (C=O) groups is 1. The molecule has 2 N–H and O–H groups in total. The van der Waals surface area contributed by atoms with Gasteiger partial charge in [-0.15, -0.1) is 11.8 Å². The minimum Gasteiger partial charge on any atom is -0.357 e. The van der Waals surface area contributed by atoms with Gasteiger partial charge in [-0.05, 0) is 31.2 Å². The molecule has 1 aromatic carbocycles. The summed E-state index contributed by atoms with van der Waals surface area (Å²) in [6.45, 7) is 1.36. The Morgan fingerprint density at radius 2 is 1.92 bits per heavy atom. The van der Waals surface area contributed by atoms with Crippen LogP contribution in [-0.4, -0.2) is 61.9 Å². The second-order valence-corrected chi connectivity index (χ2v) is 6.89. The third-order valence-corrected chi connectivity index (χ3v) is 4.30. The Morgan fingerprint density at radius 3 is 2.50 bits per heavy atom. The second kappa shape index (κ2) is 11.2. The van der Waals surface area contributed by atoms with Crippen molar-refractivity contribution in [3.05, 3.63) is 29.3 Å². The van der Waals surface area contributed by atoms with E-state index in [4.69, 9.17) is 11.6 Å². The van der Waals surface area contributed by atoms with E-state index in [0.717, 1.165) is 17.7 Å². The van der Waals surface area contributed by atoms with Gasteiger partial charge in [-0.25, -0.2) is 4.99 Å². The molecule has 0 spiro atoms. The number of amides is 1. The molecule has 0 atom stereocenters. The average molecular weight is 411 g/mol. The zero-order valence-electron chi connectivity index (χ0n) is 14.6. The predicted molar refractivity (Wildman–Crippen MR) is 99.8 cm³/mol. The Hall–Kier alpha value is -1.61. The van der Waals surface area contributed by atoms with Crippen molar-refractivity contribution in [2.75, 3.05) is 39.0 Å². The molecule has 0 aromatic heterocycles. The molecule has 0 heterocycles. The summed E-state index contributed by atoms with van der Waals surface area (Å²) in [5, 5.41) is 6.67. The van der Waals surface area contributed by atoms with E-state index in [2.05, 4.69) is 15.6 Å². The fourth-order valence-electron chi connectivity index (χ4n) is 1.84. The molecule has 1 rings (SSSR count). The number of aliphatic imine (C=N–C) groups is 1. The van der Waals surface area contributed by atoms with E-state index in [-0.39, 0.29) is 6.54 Å². The van der Waals surface area contributed by atoms with Crippen LogP contribution in [0.2, 0.25) is 5.02 Å². The number of alkyl halides is 3. The molecule has 0 bridgehead atoms. The summed E-state index contributed by atoms with van der Waals surface area (Å²) in [6, 6.07) is 7.46. The van der Waals surface area contributed by atoms with Crippen molar-refractivity contribution >= 4 is 35.2 Å². The van der Waals surface area contributed by atoms with E-state index < -0.39 is 18.6 Å². The zero-order chi connectivity index (χ0) is 19.6. The maximum absolute atomic E-state index is 12.3. The van der Waals surface area contributed by atoms with Gasteiger partial charge in [-0.2, -0.15) is 13.2 Å². The molecule has 146 valence electrons. The van der Waals surface area contributed by atoms with Crippen LogP contribution in [0.4, 0.5) is 13.2 Å². The Bertz CT molecular complexity index is 596. The molecule has 0 aliphatic carbocycles. The number of guanidine groups is 1. The number of thioether (sulfide) groups is 1. The Kier molecular flexibility index (Phi) is 9.64. The van der Waals surface area contributed by atoms with Crippen LogP contribution in [0.3, 0.4) is 0 Å². The van der Waals surface area contributed by atoms with Crippen molar-refractivity contribution in [1.29, 1.82) is 0 Å². The SMILES string of the molecule is CCNC(=NCC(=O)N(C)CC(F)(F)F)NCCSc1ccc(Cl)cc1. The van der Waals surface area contributed by atoms with Crippen molar-refractivity contribution in [3.63, 3.8) is 0 Å². The van der Waals surface area contributed by atoms with Crippen molar-refractivity contribution < 1.29 is 18.0 Å². The third-order valence-electron chi connectivity index (χ3n) is 3.04. The number of likely N-dealkylation sites (N-methyl/N-ethyl adjacent to an activating group) is 1. The molecule has 0 aliphatic heterocycles. The monoisotopic (exact) mass is 410 g/mol. The van der Waals surface area contributed by atoms with Gasteiger partial charge >= 0.3 is 6.18 Å². The minimum absolute atomic E-state index is 0.355. The van der Waals surface area contributed by atoms with Gasteiger partial charge in [0.2, 0.25) is 5.91 Å². The lowest BCUT2D eigenvalue weighted by molar-refractivity contribution is -0.157. The quantitative estimate of drug-likeness (QED) is 0.299. The highest BCUT2D eigenvalue weighted by Crippen LogP contribution is 2.19. The largest absolute Gasteiger partial charge is 0.406 e. The number of hydrogen-bond donors (Lipinski definition) is 2. The molecular weight excluding hydrogens is 389 g/mol. The summed E-state index contributed by atoms with van der Waals surface area (Å²) in [6.07, 6.45) is -4.42. The highest BCUT2D eigenvalue weighted by molar-refractivity contribution is 7.99. The summed E-state index contributed by atoms with van der Waals surface area (Å²) < 4.78 is 36.9. The lowest BCUT2D eigenvalue weighted by Crippen LogP contribution is -2.41. The van der Waals surface area contributed by atoms with Gasteiger partial charge in [-0.1, -0.05) is 11.6 Å². The molecule has 10 heteroatoms. The van der Waals surface area contributed by atoms with Crippen LogP contribution in [0.15, 0.2) is 34.2 Å². The molecule has 0 saturated heterocycles. The predicted octanol–water partition coefficient (Wildman–Crippen LogP) is 3.01. The smallest absolute Gasteiger partial charge is 0.357 e. The highest BCUT2D eigenvalue weighted by Gasteiger charge is 2.30. The molecular formula is C16H22ClF3N4OS. The number of hydrogen-bond acceptors (Lipinski definition) is 3. The highest BCUT2D eigenvalue weighted by atomic mass is 35.5. The van der Waals surface area contributed by atoms with Crippen molar-refractivity contribution in [2.24, 2.45) is 4.99 Å². The molecule has 0 aliphatic rings. The molecule has 5 nitrogen and oxygen atoms in total. The van der Waals surface area contributed by atoms with Gasteiger partial charge in [0.25, 0.3) is 0 Å². The first-order chi connectivity index (χ1) is 12.2. The molecule has 0 fully saturated rings. The minimum atomic E-state index is -4.42. The van der Waals surface area contributed by atoms with Crippen LogP contribution >= 0.6 is 23.4 Å². The van der Waals surface area contributed by atoms with Gasteiger partial charge in [0.05, 0.1) is 0 Å². The van der Waals surface area contributed by atoms with Crippen molar-refractivity contribution in [1.82, 2.24) is 15.5 Å². The first kappa shape index (κ1) is 22.4. The fraction of sp³-hybridized carbons (Fsp3) is 0.500. The molecule has 26 heavy (non-hydrogen) atoms. The fourth-order valence-corrected chi connectivity index (χ4v) is 2.73. The maximum Gasteiger partial charge on any atom is 0.406 e. The van der Waals surface area contributed by atoms with Gasteiger partial charge in [-0.3, -0.25) is 4.79 Å². The number of benzene rings is 1. The lowest BCUT2D eigenvalue weighted by atomic mass is 10.4. The number of carbonyl (C=O) groups excluding carboxylic acids is 1. The summed E-state index contributed by atoms with van der Waals surface area (Å²) in [5.74, 6) is 0.432. The van der Waals surface area contributed by atoms with Crippen LogP contribution in [0, 0.1) is 0 Å². The van der Waals surface area contributed by atoms with Crippen LogP contribution < -0.4 is 10.6 Å². The van der Waals surface area contributed by atoms with Crippen molar-refractivity contribution in [3.8, 4) is 0 Å². The van der Waals surface area contributed by atoms with Gasteiger partial charge in [0.15, 0.2) is 5.96 Å². The number of nitrogens with one attached hydrogen (secondary N) is 2. The number of nitrogens with zero attached hydrogens (tertiary/aromatic N) is 2. The van der Waals surface area contributed by atoms with Crippen molar-refractivity contribution in [2.45, 2.75) is 18.0 Å². The maximum atomic E-state index is 12.3. The standard InChI is InChI=1S/C16H22ClF3N4OS/c1-3-21-15(23-10-14(25)24(2)11-16(18,19)20)22-8-9-26-13-6-4-12(17)5-7-13/h4-7H,3,8-11H2,1-2H3,(H2,21,22,23). The van der Waals surface area contributed by atoms with E-state index in [1.165, 1.54) is 0 Å². The van der Waals surface area contributed by atoms with Gasteiger partial charge < -0.3 is 15.5 Å². The van der Waals surface area contributed by atoms with E-state index in [1.54, 1.807) is 11.8 Å². The zero-order valence-corrected chi connectivity index (χ0v) is 16.1. The average Bonchev–Trinajstić information content (AvgIpc) is 2.56. The lowest BCUT2D eigenvalue weighted by Gasteiger charge is -2.18. The normalized spacial score (nSPS) is 12.0. The van der Waals surface area contributed by atoms with Crippen LogP contribution in [0.25, 0.3) is 0 Å². The van der Waals surface area contributed by atoms with Gasteiger partial charge in [0, 0.05) is 35.8 Å². The summed E-state index contributed by atoms with van der Waals surface area (Å²) in [7, 11) is 1.11. The second-order valence-electron chi connectivity index (χ2n) is 5.29. The number of halogens is 4. The topological polar surface area (TPSA) is 56.7 Å². The van der Waals surface area contributed by atoms with E-state index >= 15 is 0 Å².